The van der Waals surface area contributed by atoms with Gasteiger partial charge in [0.15, 0.2) is 0 Å². The van der Waals surface area contributed by atoms with Crippen molar-refractivity contribution in [3.63, 3.8) is 0 Å². The number of rotatable bonds is 6. The molecule has 0 radical (unpaired) electrons. The van der Waals surface area contributed by atoms with Crippen molar-refractivity contribution >= 4 is 0 Å². The first-order chi connectivity index (χ1) is 9.60. The normalized spacial score (nSPS) is 12.7. The van der Waals surface area contributed by atoms with Gasteiger partial charge in [-0.2, -0.15) is 0 Å². The topological polar surface area (TPSA) is 51.4 Å². The molecular formula is C15H21N3O2. The van der Waals surface area contributed by atoms with Crippen LogP contribution < -0.4 is 4.74 Å². The number of aromatic nitrogens is 2. The molecule has 0 unspecified atom stereocenters. The molecular weight excluding hydrogens is 254 g/mol. The van der Waals surface area contributed by atoms with Gasteiger partial charge in [-0.3, -0.25) is 4.90 Å². The Bertz CT molecular complexity index is 554. The highest BCUT2D eigenvalue weighted by molar-refractivity contribution is 5.33. The lowest BCUT2D eigenvalue weighted by atomic mass is 10.1. The van der Waals surface area contributed by atoms with E-state index in [9.17, 15) is 0 Å². The van der Waals surface area contributed by atoms with E-state index in [1.807, 2.05) is 18.2 Å². The van der Waals surface area contributed by atoms with Gasteiger partial charge in [0.05, 0.1) is 13.7 Å². The van der Waals surface area contributed by atoms with Gasteiger partial charge in [-0.15, -0.1) is 10.2 Å². The maximum Gasteiger partial charge on any atom is 0.230 e. The first kappa shape index (κ1) is 14.5. The average Bonchev–Trinajstić information content (AvgIpc) is 2.84. The summed E-state index contributed by atoms with van der Waals surface area (Å²) in [5, 5.41) is 7.87. The number of hydrogen-bond acceptors (Lipinski definition) is 5. The molecule has 1 aromatic heterocycles. The van der Waals surface area contributed by atoms with Gasteiger partial charge in [0, 0.05) is 13.0 Å². The van der Waals surface area contributed by atoms with Crippen molar-refractivity contribution in [2.24, 2.45) is 0 Å². The molecule has 5 heteroatoms. The predicted octanol–water partition coefficient (Wildman–Crippen LogP) is 2.45. The molecule has 0 aliphatic heterocycles. The van der Waals surface area contributed by atoms with Crippen molar-refractivity contribution in [3.05, 3.63) is 41.6 Å². The molecule has 108 valence electrons. The maximum absolute atomic E-state index is 5.41. The molecule has 1 atom stereocenters. The van der Waals surface area contributed by atoms with Crippen molar-refractivity contribution in [1.29, 1.82) is 0 Å². The van der Waals surface area contributed by atoms with Gasteiger partial charge in [-0.25, -0.2) is 0 Å². The lowest BCUT2D eigenvalue weighted by Crippen LogP contribution is -2.30. The van der Waals surface area contributed by atoms with Crippen LogP contribution in [0.25, 0.3) is 0 Å². The minimum atomic E-state index is 0.346. The van der Waals surface area contributed by atoms with Gasteiger partial charge < -0.3 is 9.15 Å². The van der Waals surface area contributed by atoms with Crippen molar-refractivity contribution in [2.45, 2.75) is 32.9 Å². The molecule has 1 aromatic carbocycles. The first-order valence-electron chi connectivity index (χ1n) is 6.71. The zero-order valence-electron chi connectivity index (χ0n) is 12.5. The van der Waals surface area contributed by atoms with E-state index in [4.69, 9.17) is 9.15 Å². The summed E-state index contributed by atoms with van der Waals surface area (Å²) in [5.41, 5.74) is 1.20. The second kappa shape index (κ2) is 6.52. The quantitative estimate of drug-likeness (QED) is 0.810. The van der Waals surface area contributed by atoms with E-state index < -0.39 is 0 Å². The van der Waals surface area contributed by atoms with Crippen LogP contribution in [0.2, 0.25) is 0 Å². The van der Waals surface area contributed by atoms with E-state index in [1.54, 1.807) is 14.0 Å². The van der Waals surface area contributed by atoms with E-state index >= 15 is 0 Å². The molecule has 0 saturated carbocycles. The van der Waals surface area contributed by atoms with Crippen LogP contribution in [0.4, 0.5) is 0 Å². The number of benzene rings is 1. The van der Waals surface area contributed by atoms with Crippen molar-refractivity contribution in [3.8, 4) is 5.75 Å². The largest absolute Gasteiger partial charge is 0.496 e. The number of aryl methyl sites for hydroxylation is 1. The van der Waals surface area contributed by atoms with Crippen LogP contribution in [-0.4, -0.2) is 35.3 Å². The smallest absolute Gasteiger partial charge is 0.230 e. The zero-order chi connectivity index (χ0) is 14.5. The van der Waals surface area contributed by atoms with Gasteiger partial charge in [0.25, 0.3) is 0 Å². The van der Waals surface area contributed by atoms with Crippen LogP contribution in [0.15, 0.2) is 28.7 Å². The minimum Gasteiger partial charge on any atom is -0.496 e. The standard InChI is InChI=1S/C15H21N3O2/c1-11(9-13-7-5-6-8-14(13)19-4)18(3)10-15-17-16-12(2)20-15/h5-8,11H,9-10H2,1-4H3/t11-/m0/s1. The second-order valence-electron chi connectivity index (χ2n) is 4.99. The maximum atomic E-state index is 5.41. The van der Waals surface area contributed by atoms with E-state index in [0.29, 0.717) is 24.4 Å². The van der Waals surface area contributed by atoms with Crippen LogP contribution in [0.3, 0.4) is 0 Å². The van der Waals surface area contributed by atoms with E-state index in [1.165, 1.54) is 5.56 Å². The predicted molar refractivity (Wildman–Crippen MR) is 76.7 cm³/mol. The van der Waals surface area contributed by atoms with Gasteiger partial charge in [0.1, 0.15) is 5.75 Å². The Morgan fingerprint density at radius 2 is 2.05 bits per heavy atom. The third-order valence-electron chi connectivity index (χ3n) is 3.41. The van der Waals surface area contributed by atoms with Crippen molar-refractivity contribution < 1.29 is 9.15 Å². The van der Waals surface area contributed by atoms with E-state index in [0.717, 1.165) is 12.2 Å². The molecule has 0 amide bonds. The fourth-order valence-electron chi connectivity index (χ4n) is 2.12. The number of hydrogen-bond donors (Lipinski definition) is 0. The Morgan fingerprint density at radius 1 is 1.30 bits per heavy atom. The summed E-state index contributed by atoms with van der Waals surface area (Å²) in [6, 6.07) is 8.45. The first-order valence-corrected chi connectivity index (χ1v) is 6.71. The monoisotopic (exact) mass is 275 g/mol. The Labute approximate surface area is 119 Å². The van der Waals surface area contributed by atoms with Gasteiger partial charge in [0.2, 0.25) is 11.8 Å². The van der Waals surface area contributed by atoms with Crippen LogP contribution in [0.1, 0.15) is 24.3 Å². The Kier molecular flexibility index (Phi) is 4.74. The Hall–Kier alpha value is -1.88. The summed E-state index contributed by atoms with van der Waals surface area (Å²) in [6.45, 7) is 4.63. The fraction of sp³-hybridized carbons (Fsp3) is 0.467. The zero-order valence-corrected chi connectivity index (χ0v) is 12.5. The van der Waals surface area contributed by atoms with Crippen LogP contribution >= 0.6 is 0 Å². The molecule has 2 aromatic rings. The highest BCUT2D eigenvalue weighted by Crippen LogP contribution is 2.20. The number of likely N-dealkylation sites (N-methyl/N-ethyl adjacent to an activating group) is 1. The fourth-order valence-corrected chi connectivity index (χ4v) is 2.12. The van der Waals surface area contributed by atoms with Crippen LogP contribution in [0, 0.1) is 6.92 Å². The molecule has 0 saturated heterocycles. The Balaban J connectivity index is 1.98. The third kappa shape index (κ3) is 3.57. The molecule has 0 spiro atoms. The summed E-state index contributed by atoms with van der Waals surface area (Å²) in [7, 11) is 3.76. The number of para-hydroxylation sites is 1. The molecule has 0 fully saturated rings. The summed E-state index contributed by atoms with van der Waals surface area (Å²) in [5.74, 6) is 2.18. The average molecular weight is 275 g/mol. The summed E-state index contributed by atoms with van der Waals surface area (Å²) in [6.07, 6.45) is 0.910. The molecule has 5 nitrogen and oxygen atoms in total. The van der Waals surface area contributed by atoms with Gasteiger partial charge >= 0.3 is 0 Å². The summed E-state index contributed by atoms with van der Waals surface area (Å²) in [4.78, 5) is 2.19. The van der Waals surface area contributed by atoms with E-state index in [-0.39, 0.29) is 0 Å². The molecule has 0 bridgehead atoms. The molecule has 20 heavy (non-hydrogen) atoms. The summed E-state index contributed by atoms with van der Waals surface area (Å²) < 4.78 is 10.8. The molecule has 1 heterocycles. The summed E-state index contributed by atoms with van der Waals surface area (Å²) >= 11 is 0. The minimum absolute atomic E-state index is 0.346. The van der Waals surface area contributed by atoms with Crippen molar-refractivity contribution in [2.75, 3.05) is 14.2 Å². The third-order valence-corrected chi connectivity index (χ3v) is 3.41. The van der Waals surface area contributed by atoms with Crippen LogP contribution in [-0.2, 0) is 13.0 Å². The molecule has 2 rings (SSSR count). The second-order valence-corrected chi connectivity index (χ2v) is 4.99. The lowest BCUT2D eigenvalue weighted by Gasteiger charge is -2.23. The van der Waals surface area contributed by atoms with Crippen LogP contribution in [0.5, 0.6) is 5.75 Å². The highest BCUT2D eigenvalue weighted by atomic mass is 16.5. The van der Waals surface area contributed by atoms with Gasteiger partial charge in [-0.05, 0) is 32.0 Å². The molecule has 0 N–H and O–H groups in total. The molecule has 0 aliphatic rings. The SMILES string of the molecule is COc1ccccc1C[C@H](C)N(C)Cc1nnc(C)o1. The van der Waals surface area contributed by atoms with Crippen molar-refractivity contribution in [1.82, 2.24) is 15.1 Å². The lowest BCUT2D eigenvalue weighted by molar-refractivity contribution is 0.222. The highest BCUT2D eigenvalue weighted by Gasteiger charge is 2.15. The van der Waals surface area contributed by atoms with E-state index in [2.05, 4.69) is 35.1 Å². The number of nitrogens with zero attached hydrogens (tertiary/aromatic N) is 3. The van der Waals surface area contributed by atoms with Gasteiger partial charge in [-0.1, -0.05) is 18.2 Å². The molecule has 0 aliphatic carbocycles. The Morgan fingerprint density at radius 3 is 2.70 bits per heavy atom. The number of methoxy groups -OCH3 is 1. The number of ether oxygens (including phenoxy) is 1.